The van der Waals surface area contributed by atoms with Crippen LogP contribution in [0, 0.1) is 5.92 Å². The van der Waals surface area contributed by atoms with Crippen LogP contribution in [0.3, 0.4) is 0 Å². The predicted molar refractivity (Wildman–Crippen MR) is 92.1 cm³/mol. The Hall–Kier alpha value is -1.29. The second kappa shape index (κ2) is 8.37. The molecule has 1 aliphatic rings. The highest BCUT2D eigenvalue weighted by Crippen LogP contribution is 2.29. The zero-order valence-electron chi connectivity index (χ0n) is 12.2. The van der Waals surface area contributed by atoms with E-state index in [0.29, 0.717) is 29.3 Å². The lowest BCUT2D eigenvalue weighted by atomic mass is 9.82. The average molecular weight is 339 g/mol. The molecule has 118 valence electrons. The minimum atomic E-state index is 0. The summed E-state index contributed by atoms with van der Waals surface area (Å²) in [6.07, 6.45) is 2.74. The van der Waals surface area contributed by atoms with Crippen LogP contribution in [0.5, 0.6) is 5.88 Å². The third-order valence-corrected chi connectivity index (χ3v) is 4.22. The maximum absolute atomic E-state index is 5.85. The standard InChI is InChI=1S/C17H19ClN2O.ClH/c18-15-6-7-17(20-10-15)21-12-14-8-9-19-11-16(14)13-4-2-1-3-5-13;/h1-7,10,14,16,19H,8-9,11-12H2;1H/t14-,16-;/m1./s1. The van der Waals surface area contributed by atoms with Gasteiger partial charge in [-0.1, -0.05) is 41.9 Å². The number of hydrogen-bond donors (Lipinski definition) is 1. The van der Waals surface area contributed by atoms with Crippen LogP contribution in [0.2, 0.25) is 5.02 Å². The molecule has 0 bridgehead atoms. The van der Waals surface area contributed by atoms with Crippen molar-refractivity contribution in [1.82, 2.24) is 10.3 Å². The maximum atomic E-state index is 5.85. The van der Waals surface area contributed by atoms with Crippen LogP contribution in [0.25, 0.3) is 0 Å². The van der Waals surface area contributed by atoms with Crippen molar-refractivity contribution in [2.75, 3.05) is 19.7 Å². The van der Waals surface area contributed by atoms with Crippen LogP contribution in [0.4, 0.5) is 0 Å². The number of benzene rings is 1. The van der Waals surface area contributed by atoms with Gasteiger partial charge in [-0.25, -0.2) is 4.98 Å². The molecule has 2 atom stereocenters. The number of halogens is 2. The highest BCUT2D eigenvalue weighted by Gasteiger charge is 2.26. The number of nitrogens with zero attached hydrogens (tertiary/aromatic N) is 1. The first kappa shape index (κ1) is 17.1. The van der Waals surface area contributed by atoms with E-state index in [2.05, 4.69) is 40.6 Å². The van der Waals surface area contributed by atoms with Gasteiger partial charge >= 0.3 is 0 Å². The number of aromatic nitrogens is 1. The van der Waals surface area contributed by atoms with Crippen molar-refractivity contribution in [3.05, 3.63) is 59.2 Å². The van der Waals surface area contributed by atoms with E-state index in [1.165, 1.54) is 5.56 Å². The Labute approximate surface area is 142 Å². The number of hydrogen-bond acceptors (Lipinski definition) is 3. The second-order valence-corrected chi connectivity index (χ2v) is 5.83. The van der Waals surface area contributed by atoms with Crippen molar-refractivity contribution in [3.63, 3.8) is 0 Å². The quantitative estimate of drug-likeness (QED) is 0.917. The van der Waals surface area contributed by atoms with Gasteiger partial charge in [-0.2, -0.15) is 0 Å². The van der Waals surface area contributed by atoms with Crippen LogP contribution in [-0.2, 0) is 0 Å². The Kier molecular flexibility index (Phi) is 6.49. The predicted octanol–water partition coefficient (Wildman–Crippen LogP) is 3.93. The largest absolute Gasteiger partial charge is 0.477 e. The summed E-state index contributed by atoms with van der Waals surface area (Å²) in [5.41, 5.74) is 1.38. The summed E-state index contributed by atoms with van der Waals surface area (Å²) in [5.74, 6) is 1.64. The number of nitrogens with one attached hydrogen (secondary N) is 1. The minimum absolute atomic E-state index is 0. The highest BCUT2D eigenvalue weighted by atomic mass is 35.5. The van der Waals surface area contributed by atoms with E-state index in [-0.39, 0.29) is 12.4 Å². The molecule has 22 heavy (non-hydrogen) atoms. The van der Waals surface area contributed by atoms with E-state index in [1.54, 1.807) is 12.3 Å². The Bertz CT molecular complexity index is 563. The van der Waals surface area contributed by atoms with E-state index >= 15 is 0 Å². The van der Waals surface area contributed by atoms with Crippen LogP contribution < -0.4 is 10.1 Å². The molecule has 0 radical (unpaired) electrons. The van der Waals surface area contributed by atoms with E-state index in [4.69, 9.17) is 16.3 Å². The number of rotatable bonds is 4. The van der Waals surface area contributed by atoms with Gasteiger partial charge in [0.2, 0.25) is 5.88 Å². The lowest BCUT2D eigenvalue weighted by Crippen LogP contribution is -2.37. The van der Waals surface area contributed by atoms with Crippen molar-refractivity contribution < 1.29 is 4.74 Å². The molecular weight excluding hydrogens is 319 g/mol. The fraction of sp³-hybridized carbons (Fsp3) is 0.353. The number of ether oxygens (including phenoxy) is 1. The van der Waals surface area contributed by atoms with Crippen molar-refractivity contribution >= 4 is 24.0 Å². The second-order valence-electron chi connectivity index (χ2n) is 5.40. The monoisotopic (exact) mass is 338 g/mol. The van der Waals surface area contributed by atoms with Crippen molar-refractivity contribution in [3.8, 4) is 5.88 Å². The Morgan fingerprint density at radius 1 is 1.18 bits per heavy atom. The van der Waals surface area contributed by atoms with Gasteiger partial charge in [0.15, 0.2) is 0 Å². The van der Waals surface area contributed by atoms with Gasteiger partial charge in [-0.05, 0) is 24.6 Å². The molecule has 1 aromatic carbocycles. The number of pyridine rings is 1. The zero-order chi connectivity index (χ0) is 14.5. The van der Waals surface area contributed by atoms with Gasteiger partial charge in [-0.3, -0.25) is 0 Å². The molecule has 1 N–H and O–H groups in total. The summed E-state index contributed by atoms with van der Waals surface area (Å²) in [6, 6.07) is 14.3. The third kappa shape index (κ3) is 4.35. The van der Waals surface area contributed by atoms with Gasteiger partial charge in [-0.15, -0.1) is 12.4 Å². The molecule has 2 heterocycles. The first-order chi connectivity index (χ1) is 10.3. The maximum Gasteiger partial charge on any atom is 0.213 e. The first-order valence-electron chi connectivity index (χ1n) is 7.33. The molecule has 1 fully saturated rings. The van der Waals surface area contributed by atoms with Crippen molar-refractivity contribution in [2.45, 2.75) is 12.3 Å². The van der Waals surface area contributed by atoms with Crippen molar-refractivity contribution in [2.24, 2.45) is 5.92 Å². The summed E-state index contributed by atoms with van der Waals surface area (Å²) in [7, 11) is 0. The lowest BCUT2D eigenvalue weighted by Gasteiger charge is -2.32. The summed E-state index contributed by atoms with van der Waals surface area (Å²) in [5, 5.41) is 4.11. The van der Waals surface area contributed by atoms with Gasteiger partial charge in [0.05, 0.1) is 11.6 Å². The van der Waals surface area contributed by atoms with Crippen LogP contribution in [0.1, 0.15) is 17.9 Å². The van der Waals surface area contributed by atoms with Crippen LogP contribution >= 0.6 is 24.0 Å². The van der Waals surface area contributed by atoms with E-state index in [0.717, 1.165) is 19.5 Å². The molecule has 3 rings (SSSR count). The molecular formula is C17H20Cl2N2O. The molecule has 1 saturated heterocycles. The molecule has 1 aromatic heterocycles. The average Bonchev–Trinajstić information content (AvgIpc) is 2.55. The van der Waals surface area contributed by atoms with E-state index < -0.39 is 0 Å². The Balaban J connectivity index is 0.00000176. The molecule has 2 aromatic rings. The van der Waals surface area contributed by atoms with Gasteiger partial charge < -0.3 is 10.1 Å². The fourth-order valence-electron chi connectivity index (χ4n) is 2.84. The highest BCUT2D eigenvalue weighted by molar-refractivity contribution is 6.30. The van der Waals surface area contributed by atoms with Crippen LogP contribution in [0.15, 0.2) is 48.7 Å². The number of piperidine rings is 1. The first-order valence-corrected chi connectivity index (χ1v) is 7.71. The molecule has 0 unspecified atom stereocenters. The van der Waals surface area contributed by atoms with E-state index in [9.17, 15) is 0 Å². The molecule has 0 aliphatic carbocycles. The molecule has 0 amide bonds. The fourth-order valence-corrected chi connectivity index (χ4v) is 2.95. The lowest BCUT2D eigenvalue weighted by molar-refractivity contribution is 0.189. The minimum Gasteiger partial charge on any atom is -0.477 e. The molecule has 0 spiro atoms. The van der Waals surface area contributed by atoms with E-state index in [1.807, 2.05) is 6.07 Å². The zero-order valence-corrected chi connectivity index (χ0v) is 13.8. The molecule has 1 aliphatic heterocycles. The van der Waals surface area contributed by atoms with Crippen LogP contribution in [-0.4, -0.2) is 24.7 Å². The molecule has 3 nitrogen and oxygen atoms in total. The third-order valence-electron chi connectivity index (χ3n) is 4.00. The molecule has 0 saturated carbocycles. The Morgan fingerprint density at radius 2 is 2.00 bits per heavy atom. The Morgan fingerprint density at radius 3 is 2.73 bits per heavy atom. The summed E-state index contributed by atoms with van der Waals surface area (Å²) >= 11 is 5.84. The van der Waals surface area contributed by atoms with Gasteiger partial charge in [0.25, 0.3) is 0 Å². The smallest absolute Gasteiger partial charge is 0.213 e. The van der Waals surface area contributed by atoms with Gasteiger partial charge in [0.1, 0.15) is 0 Å². The van der Waals surface area contributed by atoms with Crippen molar-refractivity contribution in [1.29, 1.82) is 0 Å². The normalized spacial score (nSPS) is 21.0. The summed E-state index contributed by atoms with van der Waals surface area (Å²) < 4.78 is 5.85. The topological polar surface area (TPSA) is 34.1 Å². The summed E-state index contributed by atoms with van der Waals surface area (Å²) in [4.78, 5) is 4.19. The summed E-state index contributed by atoms with van der Waals surface area (Å²) in [6.45, 7) is 2.74. The SMILES string of the molecule is Cl.Clc1ccc(OC[C@H]2CCNC[C@@H]2c2ccccc2)nc1. The van der Waals surface area contributed by atoms with Gasteiger partial charge in [0, 0.05) is 30.6 Å². The molecule has 5 heteroatoms.